The first-order chi connectivity index (χ1) is 16.9. The SMILES string of the molecule is CCOC(=O)Cc1cccc(Oc2ccc(Br)cc2CN2C(=O)O[C@H](c3ccccc3)[C@@H]2C)c1Cl. The molecule has 0 spiro atoms. The summed E-state index contributed by atoms with van der Waals surface area (Å²) in [6, 6.07) is 20.4. The number of cyclic esters (lactones) is 1. The molecule has 35 heavy (non-hydrogen) atoms. The van der Waals surface area contributed by atoms with Crippen molar-refractivity contribution in [3.63, 3.8) is 0 Å². The fourth-order valence-electron chi connectivity index (χ4n) is 4.01. The average Bonchev–Trinajstić information content (AvgIpc) is 3.12. The van der Waals surface area contributed by atoms with Crippen LogP contribution in [-0.2, 0) is 27.2 Å². The van der Waals surface area contributed by atoms with Gasteiger partial charge in [0.05, 0.1) is 30.6 Å². The van der Waals surface area contributed by atoms with Crippen LogP contribution in [0.15, 0.2) is 71.2 Å². The number of benzene rings is 3. The lowest BCUT2D eigenvalue weighted by Crippen LogP contribution is -2.31. The number of carbonyl (C=O) groups is 2. The Morgan fingerprint density at radius 3 is 2.57 bits per heavy atom. The summed E-state index contributed by atoms with van der Waals surface area (Å²) in [5.74, 6) is 0.605. The number of nitrogens with zero attached hydrogens (tertiary/aromatic N) is 1. The first kappa shape index (κ1) is 25.1. The molecule has 3 aromatic carbocycles. The molecule has 3 aromatic rings. The van der Waals surface area contributed by atoms with Crippen LogP contribution >= 0.6 is 27.5 Å². The number of esters is 1. The molecule has 0 unspecified atom stereocenters. The van der Waals surface area contributed by atoms with Gasteiger partial charge in [-0.2, -0.15) is 0 Å². The summed E-state index contributed by atoms with van der Waals surface area (Å²) in [6.45, 7) is 4.32. The molecule has 0 aromatic heterocycles. The molecule has 0 saturated carbocycles. The van der Waals surface area contributed by atoms with Gasteiger partial charge in [0.2, 0.25) is 0 Å². The van der Waals surface area contributed by atoms with E-state index in [1.165, 1.54) is 0 Å². The van der Waals surface area contributed by atoms with Crippen molar-refractivity contribution in [2.75, 3.05) is 6.61 Å². The molecule has 1 heterocycles. The van der Waals surface area contributed by atoms with Crippen LogP contribution in [-0.4, -0.2) is 29.6 Å². The molecule has 6 nitrogen and oxygen atoms in total. The van der Waals surface area contributed by atoms with E-state index in [9.17, 15) is 9.59 Å². The molecule has 1 fully saturated rings. The lowest BCUT2D eigenvalue weighted by Gasteiger charge is -2.22. The van der Waals surface area contributed by atoms with Crippen LogP contribution in [0.3, 0.4) is 0 Å². The summed E-state index contributed by atoms with van der Waals surface area (Å²) >= 11 is 10.1. The minimum absolute atomic E-state index is 0.0507. The van der Waals surface area contributed by atoms with E-state index in [4.69, 9.17) is 25.8 Å². The van der Waals surface area contributed by atoms with Gasteiger partial charge < -0.3 is 14.2 Å². The zero-order valence-corrected chi connectivity index (χ0v) is 21.7. The topological polar surface area (TPSA) is 65.1 Å². The van der Waals surface area contributed by atoms with Gasteiger partial charge in [0.1, 0.15) is 17.6 Å². The molecule has 1 aliphatic rings. The van der Waals surface area contributed by atoms with Crippen molar-refractivity contribution in [3.8, 4) is 11.5 Å². The molecular formula is C27H25BrClNO5. The van der Waals surface area contributed by atoms with Gasteiger partial charge in [-0.3, -0.25) is 9.69 Å². The monoisotopic (exact) mass is 557 g/mol. The highest BCUT2D eigenvalue weighted by molar-refractivity contribution is 9.10. The third-order valence-corrected chi connectivity index (χ3v) is 6.71. The van der Waals surface area contributed by atoms with Crippen molar-refractivity contribution in [2.45, 2.75) is 39.0 Å². The molecule has 1 aliphatic heterocycles. The molecule has 1 amide bonds. The Hall–Kier alpha value is -3.03. The maximum atomic E-state index is 12.8. The highest BCUT2D eigenvalue weighted by Crippen LogP contribution is 2.38. The van der Waals surface area contributed by atoms with Gasteiger partial charge in [0.25, 0.3) is 0 Å². The summed E-state index contributed by atoms with van der Waals surface area (Å²) < 4.78 is 17.8. The lowest BCUT2D eigenvalue weighted by atomic mass is 10.0. The molecular weight excluding hydrogens is 534 g/mol. The van der Waals surface area contributed by atoms with Crippen LogP contribution < -0.4 is 4.74 Å². The molecule has 182 valence electrons. The average molecular weight is 559 g/mol. The second-order valence-corrected chi connectivity index (χ2v) is 9.44. The Bertz CT molecular complexity index is 1220. The molecule has 8 heteroatoms. The van der Waals surface area contributed by atoms with E-state index in [1.54, 1.807) is 30.0 Å². The van der Waals surface area contributed by atoms with Gasteiger partial charge in [0.15, 0.2) is 0 Å². The Morgan fingerprint density at radius 2 is 1.83 bits per heavy atom. The quantitative estimate of drug-likeness (QED) is 0.276. The van der Waals surface area contributed by atoms with E-state index in [1.807, 2.05) is 55.5 Å². The number of hydrogen-bond donors (Lipinski definition) is 0. The minimum atomic E-state index is -0.383. The summed E-state index contributed by atoms with van der Waals surface area (Å²) in [6.07, 6.45) is -0.685. The Kier molecular flexibility index (Phi) is 7.98. The third-order valence-electron chi connectivity index (χ3n) is 5.79. The predicted octanol–water partition coefficient (Wildman–Crippen LogP) is 7.08. The summed E-state index contributed by atoms with van der Waals surface area (Å²) in [4.78, 5) is 26.4. The van der Waals surface area contributed by atoms with E-state index in [0.29, 0.717) is 28.7 Å². The Morgan fingerprint density at radius 1 is 1.06 bits per heavy atom. The van der Waals surface area contributed by atoms with Crippen molar-refractivity contribution >= 4 is 39.6 Å². The molecule has 0 radical (unpaired) electrons. The fraction of sp³-hybridized carbons (Fsp3) is 0.259. The number of rotatable bonds is 8. The molecule has 0 N–H and O–H groups in total. The van der Waals surface area contributed by atoms with Gasteiger partial charge >= 0.3 is 12.1 Å². The van der Waals surface area contributed by atoms with Gasteiger partial charge in [0, 0.05) is 10.0 Å². The number of halogens is 2. The van der Waals surface area contributed by atoms with Crippen LogP contribution in [0.5, 0.6) is 11.5 Å². The van der Waals surface area contributed by atoms with E-state index < -0.39 is 0 Å². The first-order valence-corrected chi connectivity index (χ1v) is 12.5. The fourth-order valence-corrected chi connectivity index (χ4v) is 4.65. The third kappa shape index (κ3) is 5.80. The van der Waals surface area contributed by atoms with Crippen molar-refractivity contribution in [1.29, 1.82) is 0 Å². The Labute approximate surface area is 217 Å². The highest BCUT2D eigenvalue weighted by Gasteiger charge is 2.39. The Balaban J connectivity index is 1.57. The van der Waals surface area contributed by atoms with Crippen LogP contribution in [0.4, 0.5) is 4.79 Å². The minimum Gasteiger partial charge on any atom is -0.466 e. The smallest absolute Gasteiger partial charge is 0.411 e. The van der Waals surface area contributed by atoms with Crippen molar-refractivity contribution in [2.24, 2.45) is 0 Å². The lowest BCUT2D eigenvalue weighted by molar-refractivity contribution is -0.142. The van der Waals surface area contributed by atoms with Gasteiger partial charge in [-0.25, -0.2) is 4.79 Å². The van der Waals surface area contributed by atoms with Gasteiger partial charge in [-0.1, -0.05) is 70.0 Å². The van der Waals surface area contributed by atoms with Crippen molar-refractivity contribution in [1.82, 2.24) is 4.90 Å². The number of amides is 1. The summed E-state index contributed by atoms with van der Waals surface area (Å²) in [7, 11) is 0. The molecule has 1 saturated heterocycles. The van der Waals surface area contributed by atoms with Crippen LogP contribution in [0.25, 0.3) is 0 Å². The number of ether oxygens (including phenoxy) is 3. The first-order valence-electron chi connectivity index (χ1n) is 11.3. The zero-order valence-electron chi connectivity index (χ0n) is 19.4. The maximum absolute atomic E-state index is 12.8. The van der Waals surface area contributed by atoms with Crippen LogP contribution in [0, 0.1) is 0 Å². The number of hydrogen-bond acceptors (Lipinski definition) is 5. The molecule has 0 bridgehead atoms. The van der Waals surface area contributed by atoms with Crippen molar-refractivity contribution < 1.29 is 23.8 Å². The van der Waals surface area contributed by atoms with E-state index in [2.05, 4.69) is 15.9 Å². The predicted molar refractivity (Wildman–Crippen MR) is 137 cm³/mol. The summed E-state index contributed by atoms with van der Waals surface area (Å²) in [5.41, 5.74) is 2.35. The second-order valence-electron chi connectivity index (χ2n) is 8.15. The van der Waals surface area contributed by atoms with E-state index >= 15 is 0 Å². The molecule has 0 aliphatic carbocycles. The second kappa shape index (κ2) is 11.1. The van der Waals surface area contributed by atoms with Crippen LogP contribution in [0.1, 0.15) is 36.6 Å². The van der Waals surface area contributed by atoms with Crippen LogP contribution in [0.2, 0.25) is 5.02 Å². The normalized spacial score (nSPS) is 17.3. The highest BCUT2D eigenvalue weighted by atomic mass is 79.9. The summed E-state index contributed by atoms with van der Waals surface area (Å²) in [5, 5.41) is 0.340. The van der Waals surface area contributed by atoms with Crippen molar-refractivity contribution in [3.05, 3.63) is 92.9 Å². The van der Waals surface area contributed by atoms with Gasteiger partial charge in [-0.05, 0) is 49.2 Å². The standard InChI is InChI=1S/C27H25BrClNO5/c1-3-33-24(31)15-19-10-7-11-23(25(19)29)34-22-13-12-21(28)14-20(22)16-30-17(2)26(35-27(30)32)18-8-5-4-6-9-18/h4-14,17,26H,3,15-16H2,1-2H3/t17-,26-/m0/s1. The van der Waals surface area contributed by atoms with E-state index in [0.717, 1.165) is 15.6 Å². The van der Waals surface area contributed by atoms with Gasteiger partial charge in [-0.15, -0.1) is 0 Å². The molecule has 4 rings (SSSR count). The largest absolute Gasteiger partial charge is 0.466 e. The number of carbonyl (C=O) groups excluding carboxylic acids is 2. The van der Waals surface area contributed by atoms with E-state index in [-0.39, 0.29) is 37.2 Å². The molecule has 2 atom stereocenters. The zero-order chi connectivity index (χ0) is 24.9. The maximum Gasteiger partial charge on any atom is 0.411 e.